The summed E-state index contributed by atoms with van der Waals surface area (Å²) in [6.45, 7) is 6.01. The zero-order valence-corrected chi connectivity index (χ0v) is 15.3. The summed E-state index contributed by atoms with van der Waals surface area (Å²) in [5.41, 5.74) is 2.17. The van der Waals surface area contributed by atoms with Gasteiger partial charge in [-0.2, -0.15) is 4.31 Å². The van der Waals surface area contributed by atoms with E-state index in [2.05, 4.69) is 0 Å². The number of sulfonamides is 1. The highest BCUT2D eigenvalue weighted by Gasteiger charge is 2.39. The van der Waals surface area contributed by atoms with Crippen molar-refractivity contribution in [1.82, 2.24) is 9.21 Å². The predicted molar refractivity (Wildman–Crippen MR) is 92.9 cm³/mol. The maximum Gasteiger partial charge on any atom is 0.219 e. The third-order valence-electron chi connectivity index (χ3n) is 4.29. The van der Waals surface area contributed by atoms with Crippen LogP contribution in [0.25, 0.3) is 0 Å². The number of nitrogens with zero attached hydrogens (tertiary/aromatic N) is 2. The Morgan fingerprint density at radius 1 is 1.26 bits per heavy atom. The van der Waals surface area contributed by atoms with Gasteiger partial charge in [-0.1, -0.05) is 29.8 Å². The third-order valence-corrected chi connectivity index (χ3v) is 6.70. The van der Waals surface area contributed by atoms with Gasteiger partial charge in [-0.15, -0.1) is 0 Å². The molecular formula is C17H28N2O3S. The van der Waals surface area contributed by atoms with Crippen molar-refractivity contribution in [2.45, 2.75) is 38.2 Å². The number of ether oxygens (including phenoxy) is 1. The molecule has 0 bridgehead atoms. The Labute approximate surface area is 140 Å². The molecular weight excluding hydrogens is 312 g/mol. The molecule has 0 spiro atoms. The molecule has 23 heavy (non-hydrogen) atoms. The first-order valence-electron chi connectivity index (χ1n) is 8.11. The van der Waals surface area contributed by atoms with E-state index in [1.807, 2.05) is 57.1 Å². The van der Waals surface area contributed by atoms with Gasteiger partial charge in [-0.3, -0.25) is 0 Å². The molecule has 0 amide bonds. The summed E-state index contributed by atoms with van der Waals surface area (Å²) >= 11 is 0. The first-order chi connectivity index (χ1) is 10.8. The molecule has 1 heterocycles. The van der Waals surface area contributed by atoms with Crippen molar-refractivity contribution in [2.24, 2.45) is 0 Å². The monoisotopic (exact) mass is 340 g/mol. The van der Waals surface area contributed by atoms with Gasteiger partial charge in [0.25, 0.3) is 0 Å². The van der Waals surface area contributed by atoms with Gasteiger partial charge < -0.3 is 9.64 Å². The SMILES string of the molecule is Cc1cccc(CN(CCN(C)C)S(=O)(=O)[C@@H]2CCO[C@@H]2C)c1. The lowest BCUT2D eigenvalue weighted by Gasteiger charge is -2.28. The van der Waals surface area contributed by atoms with Gasteiger partial charge >= 0.3 is 0 Å². The molecule has 130 valence electrons. The highest BCUT2D eigenvalue weighted by molar-refractivity contribution is 7.89. The Kier molecular flexibility index (Phi) is 6.19. The number of hydrogen-bond acceptors (Lipinski definition) is 4. The Morgan fingerprint density at radius 2 is 2.00 bits per heavy atom. The molecule has 0 radical (unpaired) electrons. The fraction of sp³-hybridized carbons (Fsp3) is 0.647. The average Bonchev–Trinajstić information content (AvgIpc) is 2.90. The Morgan fingerprint density at radius 3 is 2.57 bits per heavy atom. The van der Waals surface area contributed by atoms with Crippen molar-refractivity contribution in [3.63, 3.8) is 0 Å². The fourth-order valence-corrected chi connectivity index (χ4v) is 4.92. The van der Waals surface area contributed by atoms with E-state index in [4.69, 9.17) is 4.74 Å². The van der Waals surface area contributed by atoms with Crippen LogP contribution in [0.15, 0.2) is 24.3 Å². The summed E-state index contributed by atoms with van der Waals surface area (Å²) in [5.74, 6) is 0. The zero-order valence-electron chi connectivity index (χ0n) is 14.5. The Hall–Kier alpha value is -0.950. The minimum absolute atomic E-state index is 0.237. The van der Waals surface area contributed by atoms with E-state index >= 15 is 0 Å². The van der Waals surface area contributed by atoms with Crippen molar-refractivity contribution in [1.29, 1.82) is 0 Å². The number of likely N-dealkylation sites (N-methyl/N-ethyl adjacent to an activating group) is 1. The quantitative estimate of drug-likeness (QED) is 0.760. The van der Waals surface area contributed by atoms with Crippen LogP contribution >= 0.6 is 0 Å². The molecule has 1 saturated heterocycles. The van der Waals surface area contributed by atoms with Crippen LogP contribution in [-0.2, 0) is 21.3 Å². The number of hydrogen-bond donors (Lipinski definition) is 0. The molecule has 0 aliphatic carbocycles. The van der Waals surface area contributed by atoms with Crippen molar-refractivity contribution >= 4 is 10.0 Å². The largest absolute Gasteiger partial charge is 0.377 e. The second-order valence-electron chi connectivity index (χ2n) is 6.57. The van der Waals surface area contributed by atoms with Crippen LogP contribution in [0.2, 0.25) is 0 Å². The van der Waals surface area contributed by atoms with Crippen molar-refractivity contribution in [3.05, 3.63) is 35.4 Å². The van der Waals surface area contributed by atoms with Crippen LogP contribution in [0.1, 0.15) is 24.5 Å². The second-order valence-corrected chi connectivity index (χ2v) is 8.73. The maximum absolute atomic E-state index is 13.1. The molecule has 2 atom stereocenters. The van der Waals surface area contributed by atoms with Gasteiger partial charge in [0.1, 0.15) is 5.25 Å². The van der Waals surface area contributed by atoms with E-state index in [1.54, 1.807) is 4.31 Å². The van der Waals surface area contributed by atoms with Gasteiger partial charge in [-0.05, 0) is 39.9 Å². The van der Waals surface area contributed by atoms with E-state index in [9.17, 15) is 8.42 Å². The number of benzene rings is 1. The van der Waals surface area contributed by atoms with Crippen molar-refractivity contribution in [2.75, 3.05) is 33.8 Å². The molecule has 0 unspecified atom stereocenters. The average molecular weight is 340 g/mol. The van der Waals surface area contributed by atoms with E-state index in [-0.39, 0.29) is 6.10 Å². The lowest BCUT2D eigenvalue weighted by atomic mass is 10.1. The van der Waals surface area contributed by atoms with Crippen molar-refractivity contribution < 1.29 is 13.2 Å². The number of aryl methyl sites for hydroxylation is 1. The molecule has 0 saturated carbocycles. The second kappa shape index (κ2) is 7.75. The molecule has 1 aliphatic heterocycles. The molecule has 6 heteroatoms. The van der Waals surface area contributed by atoms with Crippen LogP contribution in [0.3, 0.4) is 0 Å². The van der Waals surface area contributed by atoms with Crippen LogP contribution < -0.4 is 0 Å². The van der Waals surface area contributed by atoms with Crippen LogP contribution in [0, 0.1) is 6.92 Å². The fourth-order valence-electron chi connectivity index (χ4n) is 2.92. The zero-order chi connectivity index (χ0) is 17.0. The molecule has 1 fully saturated rings. The van der Waals surface area contributed by atoms with Crippen molar-refractivity contribution in [3.8, 4) is 0 Å². The first-order valence-corrected chi connectivity index (χ1v) is 9.62. The highest BCUT2D eigenvalue weighted by Crippen LogP contribution is 2.25. The summed E-state index contributed by atoms with van der Waals surface area (Å²) in [4.78, 5) is 2.01. The maximum atomic E-state index is 13.1. The molecule has 5 nitrogen and oxygen atoms in total. The van der Waals surface area contributed by atoms with Gasteiger partial charge in [0.05, 0.1) is 6.10 Å². The molecule has 0 N–H and O–H groups in total. The third kappa shape index (κ3) is 4.76. The summed E-state index contributed by atoms with van der Waals surface area (Å²) in [5, 5.41) is -0.436. The summed E-state index contributed by atoms with van der Waals surface area (Å²) in [7, 11) is 0.539. The smallest absolute Gasteiger partial charge is 0.219 e. The topological polar surface area (TPSA) is 49.9 Å². The minimum atomic E-state index is -3.38. The molecule has 1 aromatic rings. The minimum Gasteiger partial charge on any atom is -0.377 e. The lowest BCUT2D eigenvalue weighted by Crippen LogP contribution is -2.43. The van der Waals surface area contributed by atoms with E-state index in [0.29, 0.717) is 32.7 Å². The lowest BCUT2D eigenvalue weighted by molar-refractivity contribution is 0.125. The first kappa shape index (κ1) is 18.4. The van der Waals surface area contributed by atoms with Gasteiger partial charge in [0.2, 0.25) is 10.0 Å². The van der Waals surface area contributed by atoms with E-state index < -0.39 is 15.3 Å². The van der Waals surface area contributed by atoms with Gasteiger partial charge in [0, 0.05) is 26.2 Å². The summed E-state index contributed by atoms with van der Waals surface area (Å²) < 4.78 is 33.2. The Bertz CT molecular complexity index is 616. The molecule has 1 aliphatic rings. The summed E-state index contributed by atoms with van der Waals surface area (Å²) in [6, 6.07) is 8.03. The molecule has 1 aromatic carbocycles. The molecule has 2 rings (SSSR count). The van der Waals surface area contributed by atoms with Crippen LogP contribution in [0.4, 0.5) is 0 Å². The standard InChI is InChI=1S/C17H28N2O3S/c1-14-6-5-7-16(12-14)13-19(10-9-18(3)4)23(20,21)17-8-11-22-15(17)2/h5-7,12,15,17H,8-11,13H2,1-4H3/t15-,17-/m1/s1. The molecule has 0 aromatic heterocycles. The summed E-state index contributed by atoms with van der Waals surface area (Å²) in [6.07, 6.45) is 0.342. The number of rotatable bonds is 7. The predicted octanol–water partition coefficient (Wildman–Crippen LogP) is 1.87. The van der Waals surface area contributed by atoms with E-state index in [1.165, 1.54) is 0 Å². The van der Waals surface area contributed by atoms with Crippen LogP contribution in [0.5, 0.6) is 0 Å². The Balaban J connectivity index is 2.22. The van der Waals surface area contributed by atoms with Gasteiger partial charge in [0.15, 0.2) is 0 Å². The van der Waals surface area contributed by atoms with Gasteiger partial charge in [-0.25, -0.2) is 8.42 Å². The van der Waals surface area contributed by atoms with Crippen LogP contribution in [-0.4, -0.2) is 62.8 Å². The normalized spacial score (nSPS) is 22.2. The highest BCUT2D eigenvalue weighted by atomic mass is 32.2. The van der Waals surface area contributed by atoms with E-state index in [0.717, 1.165) is 11.1 Å².